The van der Waals surface area contributed by atoms with Crippen LogP contribution in [0.5, 0.6) is 5.75 Å². The third-order valence-electron chi connectivity index (χ3n) is 3.64. The minimum Gasteiger partial charge on any atom is -0.487 e. The first-order chi connectivity index (χ1) is 10.9. The van der Waals surface area contributed by atoms with Gasteiger partial charge in [0.25, 0.3) is 0 Å². The summed E-state index contributed by atoms with van der Waals surface area (Å²) in [7, 11) is 0. The van der Waals surface area contributed by atoms with Gasteiger partial charge in [-0.25, -0.2) is 0 Å². The van der Waals surface area contributed by atoms with E-state index < -0.39 is 0 Å². The highest BCUT2D eigenvalue weighted by molar-refractivity contribution is 6.32. The van der Waals surface area contributed by atoms with Gasteiger partial charge in [-0.15, -0.1) is 0 Å². The summed E-state index contributed by atoms with van der Waals surface area (Å²) >= 11 is 6.05. The van der Waals surface area contributed by atoms with Crippen molar-refractivity contribution in [2.45, 2.75) is 39.7 Å². The molecule has 1 aromatic heterocycles. The van der Waals surface area contributed by atoms with Gasteiger partial charge in [0, 0.05) is 5.56 Å². The predicted octanol–water partition coefficient (Wildman–Crippen LogP) is 3.63. The van der Waals surface area contributed by atoms with E-state index in [-0.39, 0.29) is 17.9 Å². The Hall–Kier alpha value is -2.01. The van der Waals surface area contributed by atoms with Crippen LogP contribution in [0.2, 0.25) is 5.02 Å². The maximum absolute atomic E-state index is 12.3. The number of halogens is 1. The first-order valence-corrected chi connectivity index (χ1v) is 7.89. The minimum absolute atomic E-state index is 0.0889. The van der Waals surface area contributed by atoms with E-state index in [1.54, 1.807) is 12.1 Å². The van der Waals surface area contributed by atoms with E-state index in [1.165, 1.54) is 0 Å². The van der Waals surface area contributed by atoms with Gasteiger partial charge in [0.15, 0.2) is 0 Å². The smallest absolute Gasteiger partial charge is 0.227 e. The molecular formula is C17H21ClN2O3. The van der Waals surface area contributed by atoms with Crippen LogP contribution < -0.4 is 10.1 Å². The second-order valence-corrected chi connectivity index (χ2v) is 5.97. The lowest BCUT2D eigenvalue weighted by molar-refractivity contribution is -0.122. The number of carbonyl (C=O) groups is 1. The van der Waals surface area contributed by atoms with E-state index in [0.717, 1.165) is 11.3 Å². The zero-order chi connectivity index (χ0) is 17.0. The van der Waals surface area contributed by atoms with Crippen molar-refractivity contribution in [1.29, 1.82) is 0 Å². The fourth-order valence-corrected chi connectivity index (χ4v) is 2.62. The lowest BCUT2D eigenvalue weighted by Gasteiger charge is -2.18. The Morgan fingerprint density at radius 2 is 2.04 bits per heavy atom. The summed E-state index contributed by atoms with van der Waals surface area (Å²) in [4.78, 5) is 12.3. The quantitative estimate of drug-likeness (QED) is 0.874. The summed E-state index contributed by atoms with van der Waals surface area (Å²) in [5.41, 5.74) is 1.58. The molecule has 0 aliphatic rings. The van der Waals surface area contributed by atoms with Gasteiger partial charge in [-0.2, -0.15) is 0 Å². The number of hydrogen-bond donors (Lipinski definition) is 1. The summed E-state index contributed by atoms with van der Waals surface area (Å²) < 4.78 is 10.9. The van der Waals surface area contributed by atoms with E-state index >= 15 is 0 Å². The van der Waals surface area contributed by atoms with E-state index in [1.807, 2.05) is 39.8 Å². The normalized spacial score (nSPS) is 13.4. The van der Waals surface area contributed by atoms with E-state index in [4.69, 9.17) is 20.9 Å². The van der Waals surface area contributed by atoms with Crippen molar-refractivity contribution < 1.29 is 14.1 Å². The van der Waals surface area contributed by atoms with Crippen LogP contribution in [0.1, 0.15) is 36.8 Å². The maximum Gasteiger partial charge on any atom is 0.227 e. The molecule has 0 fully saturated rings. The van der Waals surface area contributed by atoms with Gasteiger partial charge in [-0.3, -0.25) is 4.79 Å². The Bertz CT molecular complexity index is 665. The van der Waals surface area contributed by atoms with Crippen molar-refractivity contribution in [1.82, 2.24) is 10.5 Å². The number of nitrogens with zero attached hydrogens (tertiary/aromatic N) is 1. The molecular weight excluding hydrogens is 316 g/mol. The molecule has 6 heteroatoms. The van der Waals surface area contributed by atoms with Gasteiger partial charge in [0.2, 0.25) is 5.91 Å². The minimum atomic E-state index is -0.325. The average Bonchev–Trinajstić information content (AvgIpc) is 2.85. The third-order valence-corrected chi connectivity index (χ3v) is 3.96. The van der Waals surface area contributed by atoms with Gasteiger partial charge in [0.05, 0.1) is 23.2 Å². The number of aryl methyl sites for hydroxylation is 2. The van der Waals surface area contributed by atoms with Gasteiger partial charge in [-0.1, -0.05) is 28.9 Å². The van der Waals surface area contributed by atoms with Crippen molar-refractivity contribution in [2.24, 2.45) is 0 Å². The summed E-state index contributed by atoms with van der Waals surface area (Å²) in [6, 6.07) is 7.26. The lowest BCUT2D eigenvalue weighted by Crippen LogP contribution is -2.36. The zero-order valence-electron chi connectivity index (χ0n) is 13.7. The SMILES string of the molecule is Cc1noc(C)c1[C@H](C)C(=O)NC[C@H](C)Oc1ccccc1Cl. The maximum atomic E-state index is 12.3. The first kappa shape index (κ1) is 17.3. The Morgan fingerprint density at radius 3 is 2.65 bits per heavy atom. The van der Waals surface area contributed by atoms with Gasteiger partial charge >= 0.3 is 0 Å². The molecule has 1 amide bonds. The summed E-state index contributed by atoms with van der Waals surface area (Å²) in [5, 5.41) is 7.32. The largest absolute Gasteiger partial charge is 0.487 e. The van der Waals surface area contributed by atoms with Crippen LogP contribution in [0.25, 0.3) is 0 Å². The van der Waals surface area contributed by atoms with Crippen LogP contribution in [-0.2, 0) is 4.79 Å². The molecule has 0 aliphatic heterocycles. The van der Waals surface area contributed by atoms with Crippen molar-refractivity contribution in [3.63, 3.8) is 0 Å². The van der Waals surface area contributed by atoms with Crippen molar-refractivity contribution >= 4 is 17.5 Å². The van der Waals surface area contributed by atoms with Crippen molar-refractivity contribution in [3.8, 4) is 5.75 Å². The summed E-state index contributed by atoms with van der Waals surface area (Å²) in [6.07, 6.45) is -0.198. The highest BCUT2D eigenvalue weighted by Gasteiger charge is 2.23. The second kappa shape index (κ2) is 7.51. The standard InChI is InChI=1S/C17H21ClN2O3/c1-10(22-15-8-6-5-7-14(15)18)9-19-17(21)11(2)16-12(3)20-23-13(16)4/h5-8,10-11H,9H2,1-4H3,(H,19,21)/t10-,11-/m0/s1. The van der Waals surface area contributed by atoms with Crippen LogP contribution in [0.3, 0.4) is 0 Å². The third kappa shape index (κ3) is 4.26. The van der Waals surface area contributed by atoms with Crippen LogP contribution >= 0.6 is 11.6 Å². The molecule has 5 nitrogen and oxygen atoms in total. The molecule has 2 aromatic rings. The molecule has 0 saturated carbocycles. The Balaban J connectivity index is 1.90. The predicted molar refractivity (Wildman–Crippen MR) is 88.9 cm³/mol. The van der Waals surface area contributed by atoms with Crippen LogP contribution in [0.4, 0.5) is 0 Å². The molecule has 0 bridgehead atoms. The second-order valence-electron chi connectivity index (χ2n) is 5.56. The summed E-state index contributed by atoms with van der Waals surface area (Å²) in [6.45, 7) is 7.74. The Kier molecular flexibility index (Phi) is 5.66. The van der Waals surface area contributed by atoms with Gasteiger partial charge in [0.1, 0.15) is 17.6 Å². The molecule has 0 aliphatic carbocycles. The molecule has 1 N–H and O–H groups in total. The molecule has 1 aromatic carbocycles. The van der Waals surface area contributed by atoms with Crippen LogP contribution in [0, 0.1) is 13.8 Å². The first-order valence-electron chi connectivity index (χ1n) is 7.51. The van der Waals surface area contributed by atoms with Crippen molar-refractivity contribution in [3.05, 3.63) is 46.3 Å². The zero-order valence-corrected chi connectivity index (χ0v) is 14.5. The molecule has 0 spiro atoms. The molecule has 2 rings (SSSR count). The molecule has 124 valence electrons. The molecule has 23 heavy (non-hydrogen) atoms. The monoisotopic (exact) mass is 336 g/mol. The molecule has 2 atom stereocenters. The van der Waals surface area contributed by atoms with E-state index in [9.17, 15) is 4.79 Å². The number of carbonyl (C=O) groups excluding carboxylic acids is 1. The molecule has 1 heterocycles. The van der Waals surface area contributed by atoms with Gasteiger partial charge in [-0.05, 0) is 39.8 Å². The highest BCUT2D eigenvalue weighted by Crippen LogP contribution is 2.25. The number of hydrogen-bond acceptors (Lipinski definition) is 4. The average molecular weight is 337 g/mol. The van der Waals surface area contributed by atoms with Crippen molar-refractivity contribution in [2.75, 3.05) is 6.54 Å². The number of ether oxygens (including phenoxy) is 1. The molecule has 0 unspecified atom stereocenters. The highest BCUT2D eigenvalue weighted by atomic mass is 35.5. The number of para-hydroxylation sites is 1. The molecule has 0 saturated heterocycles. The number of amides is 1. The Labute approximate surface area is 141 Å². The van der Waals surface area contributed by atoms with Crippen LogP contribution in [-0.4, -0.2) is 23.7 Å². The fourth-order valence-electron chi connectivity index (χ4n) is 2.44. The van der Waals surface area contributed by atoms with E-state index in [0.29, 0.717) is 23.1 Å². The summed E-state index contributed by atoms with van der Waals surface area (Å²) in [5.74, 6) is 0.864. The number of rotatable bonds is 6. The number of aromatic nitrogens is 1. The topological polar surface area (TPSA) is 64.4 Å². The van der Waals surface area contributed by atoms with E-state index in [2.05, 4.69) is 10.5 Å². The Morgan fingerprint density at radius 1 is 1.35 bits per heavy atom. The number of nitrogens with one attached hydrogen (secondary N) is 1. The molecule has 0 radical (unpaired) electrons. The van der Waals surface area contributed by atoms with Crippen LogP contribution in [0.15, 0.2) is 28.8 Å². The fraction of sp³-hybridized carbons (Fsp3) is 0.412. The van der Waals surface area contributed by atoms with Gasteiger partial charge < -0.3 is 14.6 Å². The number of benzene rings is 1. The lowest BCUT2D eigenvalue weighted by atomic mass is 9.99.